The summed E-state index contributed by atoms with van der Waals surface area (Å²) in [5.41, 5.74) is -3.80. The number of rotatable bonds is 4. The molecule has 29 heavy (non-hydrogen) atoms. The number of aromatic amines is 2. The Morgan fingerprint density at radius 1 is 0.931 bits per heavy atom. The standard InChI is InChI=1S/C15H9F6N5OS2/c1-28-12-22-9(27)5-10(23-12)29-13-24-11(25-26-13)6-2-7(14(16,17)18)4-8(3-6)15(19,20)21/h2-5H,1H3,(H,22,23,27)(H,24,25,26). The molecule has 0 saturated carbocycles. The molecule has 0 fully saturated rings. The van der Waals surface area contributed by atoms with Crippen LogP contribution in [0.1, 0.15) is 11.1 Å². The van der Waals surface area contributed by atoms with Gasteiger partial charge in [-0.1, -0.05) is 11.8 Å². The van der Waals surface area contributed by atoms with Gasteiger partial charge < -0.3 is 4.98 Å². The second-order valence-electron chi connectivity index (χ2n) is 5.46. The molecule has 0 aliphatic rings. The first-order valence-corrected chi connectivity index (χ1v) is 9.55. The number of thioether (sulfide) groups is 1. The Kier molecular flexibility index (Phi) is 5.67. The lowest BCUT2D eigenvalue weighted by molar-refractivity contribution is -0.143. The van der Waals surface area contributed by atoms with E-state index >= 15 is 0 Å². The molecule has 2 heterocycles. The maximum atomic E-state index is 13.0. The Morgan fingerprint density at radius 2 is 1.55 bits per heavy atom. The Balaban J connectivity index is 1.98. The Bertz CT molecular complexity index is 1060. The highest BCUT2D eigenvalue weighted by Crippen LogP contribution is 2.38. The van der Waals surface area contributed by atoms with Gasteiger partial charge in [-0.05, 0) is 36.2 Å². The van der Waals surface area contributed by atoms with Gasteiger partial charge in [0.05, 0.1) is 11.1 Å². The van der Waals surface area contributed by atoms with Crippen molar-refractivity contribution in [3.8, 4) is 11.4 Å². The van der Waals surface area contributed by atoms with E-state index in [1.807, 2.05) is 0 Å². The first-order valence-electron chi connectivity index (χ1n) is 7.51. The molecule has 3 aromatic rings. The molecule has 0 spiro atoms. The molecular weight excluding hydrogens is 444 g/mol. The molecule has 0 atom stereocenters. The van der Waals surface area contributed by atoms with Gasteiger partial charge >= 0.3 is 12.4 Å². The number of hydrogen-bond acceptors (Lipinski definition) is 6. The van der Waals surface area contributed by atoms with E-state index in [4.69, 9.17) is 0 Å². The molecule has 0 aliphatic heterocycles. The summed E-state index contributed by atoms with van der Waals surface area (Å²) < 4.78 is 78.0. The lowest BCUT2D eigenvalue weighted by Crippen LogP contribution is -2.11. The van der Waals surface area contributed by atoms with Gasteiger partial charge in [0.25, 0.3) is 5.56 Å². The van der Waals surface area contributed by atoms with Gasteiger partial charge in [-0.2, -0.15) is 26.3 Å². The van der Waals surface area contributed by atoms with Crippen LogP contribution in [-0.2, 0) is 12.4 Å². The van der Waals surface area contributed by atoms with E-state index in [2.05, 4.69) is 25.1 Å². The van der Waals surface area contributed by atoms with Crippen molar-refractivity contribution in [1.29, 1.82) is 0 Å². The number of H-pyrrole nitrogens is 2. The predicted molar refractivity (Wildman–Crippen MR) is 92.6 cm³/mol. The fourth-order valence-electron chi connectivity index (χ4n) is 2.17. The third-order valence-corrected chi connectivity index (χ3v) is 4.78. The summed E-state index contributed by atoms with van der Waals surface area (Å²) in [5.74, 6) is -0.293. The molecule has 14 heteroatoms. The Labute approximate surface area is 166 Å². The van der Waals surface area contributed by atoms with E-state index in [1.165, 1.54) is 11.8 Å². The quantitative estimate of drug-likeness (QED) is 0.262. The molecule has 0 aliphatic carbocycles. The van der Waals surface area contributed by atoms with Crippen LogP contribution in [0.5, 0.6) is 0 Å². The maximum absolute atomic E-state index is 13.0. The van der Waals surface area contributed by atoms with Crippen molar-refractivity contribution in [1.82, 2.24) is 25.1 Å². The van der Waals surface area contributed by atoms with Crippen LogP contribution < -0.4 is 5.56 Å². The van der Waals surface area contributed by atoms with Gasteiger partial charge in [-0.15, -0.1) is 5.10 Å². The third-order valence-electron chi connectivity index (χ3n) is 3.41. The van der Waals surface area contributed by atoms with Crippen LogP contribution in [-0.4, -0.2) is 31.4 Å². The number of hydrogen-bond donors (Lipinski definition) is 2. The smallest absolute Gasteiger partial charge is 0.301 e. The minimum Gasteiger partial charge on any atom is -0.301 e. The largest absolute Gasteiger partial charge is 0.416 e. The first-order chi connectivity index (χ1) is 13.5. The van der Waals surface area contributed by atoms with E-state index in [0.29, 0.717) is 17.3 Å². The molecule has 0 saturated heterocycles. The first kappa shape index (κ1) is 21.2. The Hall–Kier alpha value is -2.48. The van der Waals surface area contributed by atoms with Gasteiger partial charge in [0.1, 0.15) is 5.03 Å². The molecule has 1 aromatic carbocycles. The van der Waals surface area contributed by atoms with Crippen molar-refractivity contribution < 1.29 is 26.3 Å². The van der Waals surface area contributed by atoms with Crippen molar-refractivity contribution in [3.05, 3.63) is 45.7 Å². The predicted octanol–water partition coefficient (Wildman–Crippen LogP) is 4.47. The van der Waals surface area contributed by atoms with Crippen molar-refractivity contribution in [2.45, 2.75) is 27.7 Å². The number of aromatic nitrogens is 5. The van der Waals surface area contributed by atoms with Crippen molar-refractivity contribution in [2.24, 2.45) is 0 Å². The van der Waals surface area contributed by atoms with Gasteiger partial charge in [-0.3, -0.25) is 9.89 Å². The molecule has 0 bridgehead atoms. The maximum Gasteiger partial charge on any atom is 0.416 e. The van der Waals surface area contributed by atoms with Crippen LogP contribution in [0.2, 0.25) is 0 Å². The molecule has 2 N–H and O–H groups in total. The van der Waals surface area contributed by atoms with E-state index in [0.717, 1.165) is 17.8 Å². The van der Waals surface area contributed by atoms with Crippen LogP contribution in [0.3, 0.4) is 0 Å². The van der Waals surface area contributed by atoms with Crippen molar-refractivity contribution in [3.63, 3.8) is 0 Å². The molecule has 2 aromatic heterocycles. The summed E-state index contributed by atoms with van der Waals surface area (Å²) in [5, 5.41) is 6.57. The molecule has 0 amide bonds. The van der Waals surface area contributed by atoms with Crippen molar-refractivity contribution in [2.75, 3.05) is 6.26 Å². The second kappa shape index (κ2) is 7.74. The number of nitrogens with one attached hydrogen (secondary N) is 2. The number of halogens is 6. The number of nitrogens with zero attached hydrogens (tertiary/aromatic N) is 3. The van der Waals surface area contributed by atoms with Gasteiger partial charge in [0.15, 0.2) is 11.0 Å². The number of benzene rings is 1. The molecule has 154 valence electrons. The van der Waals surface area contributed by atoms with Crippen LogP contribution in [0.4, 0.5) is 26.3 Å². The van der Waals surface area contributed by atoms with Crippen LogP contribution in [0.15, 0.2) is 44.4 Å². The van der Waals surface area contributed by atoms with Gasteiger partial charge in [0, 0.05) is 11.6 Å². The monoisotopic (exact) mass is 453 g/mol. The van der Waals surface area contributed by atoms with Crippen LogP contribution in [0, 0.1) is 0 Å². The zero-order valence-corrected chi connectivity index (χ0v) is 15.8. The average molecular weight is 453 g/mol. The van der Waals surface area contributed by atoms with E-state index < -0.39 is 34.6 Å². The fraction of sp³-hybridized carbons (Fsp3) is 0.200. The minimum atomic E-state index is -4.98. The molecular formula is C15H9F6N5OS2. The second-order valence-corrected chi connectivity index (χ2v) is 7.24. The summed E-state index contributed by atoms with van der Waals surface area (Å²) in [7, 11) is 0. The molecule has 6 nitrogen and oxygen atoms in total. The van der Waals surface area contributed by atoms with Crippen LogP contribution >= 0.6 is 23.5 Å². The SMILES string of the molecule is CSc1nc(Sc2n[nH]c(-c3cc(C(F)(F)F)cc(C(F)(F)F)c3)n2)cc(=O)[nH]1. The number of alkyl halides is 6. The lowest BCUT2D eigenvalue weighted by Gasteiger charge is -2.13. The average Bonchev–Trinajstić information content (AvgIpc) is 3.07. The van der Waals surface area contributed by atoms with Gasteiger partial charge in [-0.25, -0.2) is 9.97 Å². The van der Waals surface area contributed by atoms with Crippen LogP contribution in [0.25, 0.3) is 11.4 Å². The zero-order valence-electron chi connectivity index (χ0n) is 14.1. The Morgan fingerprint density at radius 3 is 2.10 bits per heavy atom. The highest BCUT2D eigenvalue weighted by atomic mass is 32.2. The summed E-state index contributed by atoms with van der Waals surface area (Å²) in [6.45, 7) is 0. The third kappa shape index (κ3) is 5.12. The fourth-order valence-corrected chi connectivity index (χ4v) is 3.34. The van der Waals surface area contributed by atoms with Gasteiger partial charge in [0.2, 0.25) is 5.16 Å². The molecule has 0 unspecified atom stereocenters. The molecule has 3 rings (SSSR count). The highest BCUT2D eigenvalue weighted by Gasteiger charge is 2.37. The molecule has 0 radical (unpaired) electrons. The van der Waals surface area contributed by atoms with E-state index in [1.54, 1.807) is 6.26 Å². The minimum absolute atomic E-state index is 0.0274. The summed E-state index contributed by atoms with van der Waals surface area (Å²) in [6, 6.07) is 2.27. The van der Waals surface area contributed by atoms with E-state index in [9.17, 15) is 31.1 Å². The zero-order chi connectivity index (χ0) is 21.4. The van der Waals surface area contributed by atoms with E-state index in [-0.39, 0.29) is 22.1 Å². The summed E-state index contributed by atoms with van der Waals surface area (Å²) in [4.78, 5) is 22.1. The van der Waals surface area contributed by atoms with Crippen molar-refractivity contribution >= 4 is 23.5 Å². The lowest BCUT2D eigenvalue weighted by atomic mass is 10.0. The summed E-state index contributed by atoms with van der Waals surface area (Å²) >= 11 is 2.00. The normalized spacial score (nSPS) is 12.4. The summed E-state index contributed by atoms with van der Waals surface area (Å²) in [6.07, 6.45) is -8.27. The topological polar surface area (TPSA) is 87.3 Å². The highest BCUT2D eigenvalue weighted by molar-refractivity contribution is 7.99.